The van der Waals surface area contributed by atoms with Crippen LogP contribution in [0, 0.1) is 11.8 Å². The summed E-state index contributed by atoms with van der Waals surface area (Å²) < 4.78 is 0. The second-order valence-corrected chi connectivity index (χ2v) is 4.65. The fraction of sp³-hybridized carbons (Fsp3) is 1.00. The van der Waals surface area contributed by atoms with Crippen molar-refractivity contribution in [3.63, 3.8) is 0 Å². The van der Waals surface area contributed by atoms with E-state index in [0.29, 0.717) is 0 Å². The number of hydrogen-bond donors (Lipinski definition) is 0. The molecule has 0 bridgehead atoms. The van der Waals surface area contributed by atoms with Crippen molar-refractivity contribution in [2.75, 3.05) is 13.6 Å². The van der Waals surface area contributed by atoms with Gasteiger partial charge in [-0.3, -0.25) is 0 Å². The first-order chi connectivity index (χ1) is 5.63. The van der Waals surface area contributed by atoms with Gasteiger partial charge in [-0.05, 0) is 38.3 Å². The van der Waals surface area contributed by atoms with E-state index in [0.717, 1.165) is 17.9 Å². The zero-order chi connectivity index (χ0) is 9.14. The van der Waals surface area contributed by atoms with Gasteiger partial charge in [-0.15, -0.1) is 0 Å². The predicted molar refractivity (Wildman–Crippen MR) is 54.3 cm³/mol. The van der Waals surface area contributed by atoms with Crippen molar-refractivity contribution in [3.05, 3.63) is 0 Å². The summed E-state index contributed by atoms with van der Waals surface area (Å²) in [5.41, 5.74) is 0. The van der Waals surface area contributed by atoms with Crippen molar-refractivity contribution in [2.45, 2.75) is 46.1 Å². The third-order valence-corrected chi connectivity index (χ3v) is 3.49. The van der Waals surface area contributed by atoms with Crippen LogP contribution in [0.4, 0.5) is 0 Å². The second-order valence-electron chi connectivity index (χ2n) is 4.65. The maximum Gasteiger partial charge on any atom is 0.0120 e. The number of nitrogens with zero attached hydrogens (tertiary/aromatic N) is 1. The first-order valence-corrected chi connectivity index (χ1v) is 5.33. The molecule has 1 saturated heterocycles. The molecular weight excluding hydrogens is 146 g/mol. The van der Waals surface area contributed by atoms with Gasteiger partial charge in [0.2, 0.25) is 0 Å². The highest BCUT2D eigenvalue weighted by Gasteiger charge is 2.25. The van der Waals surface area contributed by atoms with E-state index in [2.05, 4.69) is 32.7 Å². The van der Waals surface area contributed by atoms with Crippen LogP contribution in [0.2, 0.25) is 0 Å². The fourth-order valence-corrected chi connectivity index (χ4v) is 2.21. The molecule has 1 heteroatoms. The van der Waals surface area contributed by atoms with Crippen LogP contribution in [0.5, 0.6) is 0 Å². The second kappa shape index (κ2) is 4.27. The summed E-state index contributed by atoms with van der Waals surface area (Å²) in [5, 5.41) is 0. The lowest BCUT2D eigenvalue weighted by atomic mass is 9.85. The fourth-order valence-electron chi connectivity index (χ4n) is 2.21. The molecule has 0 spiro atoms. The maximum absolute atomic E-state index is 2.55. The SMILES string of the molecule is CC(C)C(C)C1CCCCN1C. The van der Waals surface area contributed by atoms with Crippen LogP contribution in [0.15, 0.2) is 0 Å². The molecule has 0 amide bonds. The first-order valence-electron chi connectivity index (χ1n) is 5.33. The monoisotopic (exact) mass is 169 g/mol. The predicted octanol–water partition coefficient (Wildman–Crippen LogP) is 2.76. The lowest BCUT2D eigenvalue weighted by molar-refractivity contribution is 0.113. The first kappa shape index (κ1) is 10.0. The minimum absolute atomic E-state index is 0.829. The van der Waals surface area contributed by atoms with Gasteiger partial charge in [-0.2, -0.15) is 0 Å². The Kier molecular flexibility index (Phi) is 3.57. The Labute approximate surface area is 77.1 Å². The molecule has 0 aromatic heterocycles. The standard InChI is InChI=1S/C11H23N/c1-9(2)10(3)11-7-5-6-8-12(11)4/h9-11H,5-8H2,1-4H3. The minimum atomic E-state index is 0.829. The van der Waals surface area contributed by atoms with E-state index in [-0.39, 0.29) is 0 Å². The summed E-state index contributed by atoms with van der Waals surface area (Å²) in [7, 11) is 2.28. The number of piperidine rings is 1. The molecule has 1 heterocycles. The van der Waals surface area contributed by atoms with E-state index in [1.54, 1.807) is 0 Å². The van der Waals surface area contributed by atoms with Gasteiger partial charge in [0.15, 0.2) is 0 Å². The summed E-state index contributed by atoms with van der Waals surface area (Å²) in [6.07, 6.45) is 4.25. The molecule has 1 fully saturated rings. The maximum atomic E-state index is 2.55. The van der Waals surface area contributed by atoms with Crippen LogP contribution in [0.3, 0.4) is 0 Å². The van der Waals surface area contributed by atoms with E-state index in [1.165, 1.54) is 25.8 Å². The summed E-state index contributed by atoms with van der Waals surface area (Å²) in [4.78, 5) is 2.55. The van der Waals surface area contributed by atoms with E-state index >= 15 is 0 Å². The smallest absolute Gasteiger partial charge is 0.0120 e. The van der Waals surface area contributed by atoms with E-state index in [9.17, 15) is 0 Å². The molecule has 0 aromatic rings. The van der Waals surface area contributed by atoms with Gasteiger partial charge in [0.1, 0.15) is 0 Å². The third kappa shape index (κ3) is 2.22. The average molecular weight is 169 g/mol. The highest BCUT2D eigenvalue weighted by Crippen LogP contribution is 2.26. The van der Waals surface area contributed by atoms with Crippen molar-refractivity contribution in [1.29, 1.82) is 0 Å². The molecule has 2 unspecified atom stereocenters. The van der Waals surface area contributed by atoms with Crippen molar-refractivity contribution >= 4 is 0 Å². The van der Waals surface area contributed by atoms with Gasteiger partial charge in [-0.1, -0.05) is 27.2 Å². The molecule has 1 aliphatic rings. The summed E-state index contributed by atoms with van der Waals surface area (Å²) in [5.74, 6) is 1.69. The Balaban J connectivity index is 2.47. The molecule has 1 rings (SSSR count). The lowest BCUT2D eigenvalue weighted by Crippen LogP contribution is -2.42. The highest BCUT2D eigenvalue weighted by molar-refractivity contribution is 4.80. The van der Waals surface area contributed by atoms with Crippen molar-refractivity contribution < 1.29 is 0 Å². The Hall–Kier alpha value is -0.0400. The molecule has 1 aliphatic heterocycles. The highest BCUT2D eigenvalue weighted by atomic mass is 15.1. The van der Waals surface area contributed by atoms with E-state index in [1.807, 2.05) is 0 Å². The van der Waals surface area contributed by atoms with Gasteiger partial charge >= 0.3 is 0 Å². The van der Waals surface area contributed by atoms with Gasteiger partial charge in [-0.25, -0.2) is 0 Å². The molecule has 0 N–H and O–H groups in total. The molecule has 0 saturated carbocycles. The lowest BCUT2D eigenvalue weighted by Gasteiger charge is -2.38. The molecule has 0 aliphatic carbocycles. The van der Waals surface area contributed by atoms with Gasteiger partial charge in [0.25, 0.3) is 0 Å². The zero-order valence-corrected chi connectivity index (χ0v) is 9.01. The van der Waals surface area contributed by atoms with Crippen LogP contribution in [0.1, 0.15) is 40.0 Å². The van der Waals surface area contributed by atoms with Gasteiger partial charge < -0.3 is 4.90 Å². The van der Waals surface area contributed by atoms with Crippen LogP contribution in [0.25, 0.3) is 0 Å². The Morgan fingerprint density at radius 3 is 2.33 bits per heavy atom. The summed E-state index contributed by atoms with van der Waals surface area (Å²) in [6, 6.07) is 0.846. The van der Waals surface area contributed by atoms with Gasteiger partial charge in [0.05, 0.1) is 0 Å². The topological polar surface area (TPSA) is 3.24 Å². The Morgan fingerprint density at radius 1 is 1.17 bits per heavy atom. The van der Waals surface area contributed by atoms with Crippen molar-refractivity contribution in [2.24, 2.45) is 11.8 Å². The molecule has 72 valence electrons. The zero-order valence-electron chi connectivity index (χ0n) is 9.01. The number of likely N-dealkylation sites (tertiary alicyclic amines) is 1. The minimum Gasteiger partial charge on any atom is -0.303 e. The number of rotatable bonds is 2. The normalized spacial score (nSPS) is 29.2. The Morgan fingerprint density at radius 2 is 1.83 bits per heavy atom. The molecular formula is C11H23N. The summed E-state index contributed by atoms with van der Waals surface area (Å²) >= 11 is 0. The molecule has 1 nitrogen and oxygen atoms in total. The average Bonchev–Trinajstić information content (AvgIpc) is 2.04. The number of hydrogen-bond acceptors (Lipinski definition) is 1. The van der Waals surface area contributed by atoms with Gasteiger partial charge in [0, 0.05) is 6.04 Å². The largest absolute Gasteiger partial charge is 0.303 e. The molecule has 0 aromatic carbocycles. The molecule has 2 atom stereocenters. The summed E-state index contributed by atoms with van der Waals surface area (Å²) in [6.45, 7) is 8.39. The van der Waals surface area contributed by atoms with E-state index in [4.69, 9.17) is 0 Å². The van der Waals surface area contributed by atoms with Crippen LogP contribution >= 0.6 is 0 Å². The van der Waals surface area contributed by atoms with Crippen molar-refractivity contribution in [1.82, 2.24) is 4.90 Å². The van der Waals surface area contributed by atoms with Crippen LogP contribution in [-0.2, 0) is 0 Å². The van der Waals surface area contributed by atoms with Crippen molar-refractivity contribution in [3.8, 4) is 0 Å². The third-order valence-electron chi connectivity index (χ3n) is 3.49. The Bertz CT molecular complexity index is 131. The quantitative estimate of drug-likeness (QED) is 0.614. The van der Waals surface area contributed by atoms with Crippen LogP contribution in [-0.4, -0.2) is 24.5 Å². The van der Waals surface area contributed by atoms with Crippen LogP contribution < -0.4 is 0 Å². The molecule has 0 radical (unpaired) electrons. The van der Waals surface area contributed by atoms with E-state index < -0.39 is 0 Å². The molecule has 12 heavy (non-hydrogen) atoms.